The van der Waals surface area contributed by atoms with Gasteiger partial charge in [-0.3, -0.25) is 0 Å². The van der Waals surface area contributed by atoms with Gasteiger partial charge >= 0.3 is 6.18 Å². The number of halogens is 3. The number of rotatable bonds is 3. The number of fused-ring (bicyclic) bond motifs is 1. The minimum Gasteiger partial charge on any atom is -0.307 e. The van der Waals surface area contributed by atoms with Crippen molar-refractivity contribution in [1.82, 2.24) is 5.32 Å². The summed E-state index contributed by atoms with van der Waals surface area (Å²) >= 11 is 0. The zero-order chi connectivity index (χ0) is 14.3. The molecule has 2 rings (SSSR count). The summed E-state index contributed by atoms with van der Waals surface area (Å²) in [7, 11) is 0. The maximum absolute atomic E-state index is 12.4. The summed E-state index contributed by atoms with van der Waals surface area (Å²) in [5.74, 6) is 0. The number of alkyl halides is 3. The van der Waals surface area contributed by atoms with Crippen LogP contribution in [0.15, 0.2) is 24.3 Å². The zero-order valence-corrected chi connectivity index (χ0v) is 11.5. The van der Waals surface area contributed by atoms with Crippen LogP contribution in [-0.2, 0) is 6.42 Å². The second-order valence-electron chi connectivity index (χ2n) is 6.18. The van der Waals surface area contributed by atoms with Gasteiger partial charge in [-0.15, -0.1) is 0 Å². The summed E-state index contributed by atoms with van der Waals surface area (Å²) in [4.78, 5) is 0. The molecule has 0 spiro atoms. The van der Waals surface area contributed by atoms with Gasteiger partial charge < -0.3 is 5.32 Å². The minimum absolute atomic E-state index is 0.0129. The van der Waals surface area contributed by atoms with Crippen molar-refractivity contribution in [3.63, 3.8) is 0 Å². The summed E-state index contributed by atoms with van der Waals surface area (Å²) in [6.45, 7) is 5.81. The van der Waals surface area contributed by atoms with E-state index in [1.165, 1.54) is 5.56 Å². The lowest BCUT2D eigenvalue weighted by Crippen LogP contribution is -2.39. The van der Waals surface area contributed by atoms with Crippen molar-refractivity contribution in [3.8, 4) is 0 Å². The Bertz CT molecular complexity index is 451. The highest BCUT2D eigenvalue weighted by Gasteiger charge is 2.40. The normalized spacial score (nSPS) is 23.2. The molecule has 19 heavy (non-hydrogen) atoms. The van der Waals surface area contributed by atoms with Crippen LogP contribution in [0.2, 0.25) is 0 Å². The summed E-state index contributed by atoms with van der Waals surface area (Å²) in [5.41, 5.74) is 2.33. The maximum atomic E-state index is 12.4. The molecule has 1 aliphatic carbocycles. The van der Waals surface area contributed by atoms with Gasteiger partial charge in [0.05, 0.1) is 6.42 Å². The molecule has 1 nitrogen and oxygen atoms in total. The first-order valence-corrected chi connectivity index (χ1v) is 6.60. The van der Waals surface area contributed by atoms with Gasteiger partial charge in [0, 0.05) is 12.1 Å². The van der Waals surface area contributed by atoms with Crippen molar-refractivity contribution in [2.75, 3.05) is 0 Å². The van der Waals surface area contributed by atoms with E-state index in [9.17, 15) is 13.2 Å². The maximum Gasteiger partial charge on any atom is 0.390 e. The fourth-order valence-corrected chi connectivity index (χ4v) is 3.00. The van der Waals surface area contributed by atoms with Crippen LogP contribution in [0.1, 0.15) is 44.4 Å². The first-order chi connectivity index (χ1) is 8.69. The number of benzene rings is 1. The predicted molar refractivity (Wildman–Crippen MR) is 69.9 cm³/mol. The monoisotopic (exact) mass is 271 g/mol. The lowest BCUT2D eigenvalue weighted by Gasteiger charge is -2.31. The van der Waals surface area contributed by atoms with Gasteiger partial charge in [-0.05, 0) is 29.9 Å². The summed E-state index contributed by atoms with van der Waals surface area (Å²) in [6.07, 6.45) is -4.00. The van der Waals surface area contributed by atoms with Crippen molar-refractivity contribution in [2.24, 2.45) is 5.41 Å². The van der Waals surface area contributed by atoms with E-state index in [-0.39, 0.29) is 11.5 Å². The van der Waals surface area contributed by atoms with Crippen LogP contribution in [-0.4, -0.2) is 12.2 Å². The van der Waals surface area contributed by atoms with E-state index in [1.54, 1.807) is 6.92 Å². The standard InChI is InChI=1S/C15H20F3N/c1-10(8-15(16,17)18)19-13-12-7-5-4-6-11(12)9-14(13,2)3/h4-7,10,13,19H,8-9H2,1-3H3. The minimum atomic E-state index is -4.12. The van der Waals surface area contributed by atoms with Crippen molar-refractivity contribution in [1.29, 1.82) is 0 Å². The van der Waals surface area contributed by atoms with E-state index < -0.39 is 18.6 Å². The van der Waals surface area contributed by atoms with E-state index in [4.69, 9.17) is 0 Å². The van der Waals surface area contributed by atoms with Crippen molar-refractivity contribution < 1.29 is 13.2 Å². The van der Waals surface area contributed by atoms with Gasteiger partial charge in [-0.25, -0.2) is 0 Å². The molecule has 0 radical (unpaired) electrons. The second-order valence-corrected chi connectivity index (χ2v) is 6.18. The Balaban J connectivity index is 2.15. The average Bonchev–Trinajstić information content (AvgIpc) is 2.47. The highest BCUT2D eigenvalue weighted by molar-refractivity contribution is 5.37. The van der Waals surface area contributed by atoms with Gasteiger partial charge in [0.25, 0.3) is 0 Å². The Morgan fingerprint density at radius 2 is 1.95 bits per heavy atom. The van der Waals surface area contributed by atoms with E-state index >= 15 is 0 Å². The SMILES string of the molecule is CC(CC(F)(F)F)NC1c2ccccc2CC1(C)C. The molecule has 4 heteroatoms. The van der Waals surface area contributed by atoms with Crippen LogP contribution in [0.25, 0.3) is 0 Å². The highest BCUT2D eigenvalue weighted by atomic mass is 19.4. The third-order valence-corrected chi connectivity index (χ3v) is 3.78. The van der Waals surface area contributed by atoms with E-state index in [1.807, 2.05) is 18.2 Å². The molecule has 1 aromatic rings. The summed E-state index contributed by atoms with van der Waals surface area (Å²) < 4.78 is 37.3. The number of nitrogens with one attached hydrogen (secondary N) is 1. The molecule has 106 valence electrons. The molecule has 0 fully saturated rings. The zero-order valence-electron chi connectivity index (χ0n) is 11.5. The predicted octanol–water partition coefficient (Wildman–Crippen LogP) is 4.24. The molecule has 1 N–H and O–H groups in total. The molecule has 0 heterocycles. The van der Waals surface area contributed by atoms with Crippen molar-refractivity contribution >= 4 is 0 Å². The lowest BCUT2D eigenvalue weighted by molar-refractivity contribution is -0.139. The van der Waals surface area contributed by atoms with Crippen LogP contribution in [0.5, 0.6) is 0 Å². The average molecular weight is 271 g/mol. The molecule has 0 amide bonds. The summed E-state index contributed by atoms with van der Waals surface area (Å²) in [6, 6.07) is 7.42. The molecule has 1 aliphatic rings. The molecule has 2 atom stereocenters. The first-order valence-electron chi connectivity index (χ1n) is 6.60. The Labute approximate surface area is 112 Å². The lowest BCUT2D eigenvalue weighted by atomic mass is 9.85. The Hall–Kier alpha value is -1.03. The topological polar surface area (TPSA) is 12.0 Å². The Morgan fingerprint density at radius 1 is 1.32 bits per heavy atom. The third kappa shape index (κ3) is 3.30. The smallest absolute Gasteiger partial charge is 0.307 e. The molecular weight excluding hydrogens is 251 g/mol. The molecule has 0 aliphatic heterocycles. The highest BCUT2D eigenvalue weighted by Crippen LogP contribution is 2.45. The fraction of sp³-hybridized carbons (Fsp3) is 0.600. The van der Waals surface area contributed by atoms with E-state index in [0.29, 0.717) is 0 Å². The molecule has 1 aromatic carbocycles. The Morgan fingerprint density at radius 3 is 2.58 bits per heavy atom. The molecule has 0 aromatic heterocycles. The van der Waals surface area contributed by atoms with E-state index in [0.717, 1.165) is 12.0 Å². The second kappa shape index (κ2) is 4.82. The van der Waals surface area contributed by atoms with Crippen LogP contribution < -0.4 is 5.32 Å². The first kappa shape index (κ1) is 14.4. The number of hydrogen-bond acceptors (Lipinski definition) is 1. The van der Waals surface area contributed by atoms with Crippen LogP contribution in [0, 0.1) is 5.41 Å². The molecule has 0 bridgehead atoms. The van der Waals surface area contributed by atoms with Gasteiger partial charge in [0.1, 0.15) is 0 Å². The Kier molecular flexibility index (Phi) is 3.65. The van der Waals surface area contributed by atoms with Gasteiger partial charge in [0.15, 0.2) is 0 Å². The molecule has 0 saturated carbocycles. The van der Waals surface area contributed by atoms with Crippen LogP contribution >= 0.6 is 0 Å². The fourth-order valence-electron chi connectivity index (χ4n) is 3.00. The quantitative estimate of drug-likeness (QED) is 0.867. The van der Waals surface area contributed by atoms with Crippen molar-refractivity contribution in [2.45, 2.75) is 51.9 Å². The van der Waals surface area contributed by atoms with Gasteiger partial charge in [0.2, 0.25) is 0 Å². The van der Waals surface area contributed by atoms with Gasteiger partial charge in [-0.1, -0.05) is 38.1 Å². The third-order valence-electron chi connectivity index (χ3n) is 3.78. The molecular formula is C15H20F3N. The largest absolute Gasteiger partial charge is 0.390 e. The molecule has 2 unspecified atom stereocenters. The van der Waals surface area contributed by atoms with Gasteiger partial charge in [-0.2, -0.15) is 13.2 Å². The van der Waals surface area contributed by atoms with E-state index in [2.05, 4.69) is 25.2 Å². The molecule has 0 saturated heterocycles. The van der Waals surface area contributed by atoms with Crippen LogP contribution in [0.4, 0.5) is 13.2 Å². The van der Waals surface area contributed by atoms with Crippen molar-refractivity contribution in [3.05, 3.63) is 35.4 Å². The summed E-state index contributed by atoms with van der Waals surface area (Å²) in [5, 5.41) is 3.16. The van der Waals surface area contributed by atoms with Crippen LogP contribution in [0.3, 0.4) is 0 Å². The number of hydrogen-bond donors (Lipinski definition) is 1.